The first kappa shape index (κ1) is 9.37. The molecule has 0 radical (unpaired) electrons. The molecule has 0 amide bonds. The Morgan fingerprint density at radius 1 is 1.69 bits per heavy atom. The number of thiophene rings is 1. The van der Waals surface area contributed by atoms with Crippen molar-refractivity contribution in [2.75, 3.05) is 13.1 Å². The third kappa shape index (κ3) is 2.00. The lowest BCUT2D eigenvalue weighted by molar-refractivity contribution is -0.109. The fourth-order valence-electron chi connectivity index (χ4n) is 1.62. The van der Waals surface area contributed by atoms with Crippen molar-refractivity contribution >= 4 is 33.6 Å². The third-order valence-electron chi connectivity index (χ3n) is 2.25. The van der Waals surface area contributed by atoms with Crippen LogP contribution in [0.3, 0.4) is 0 Å². The second kappa shape index (κ2) is 3.90. The minimum atomic E-state index is 0.562. The quantitative estimate of drug-likeness (QED) is 0.759. The summed E-state index contributed by atoms with van der Waals surface area (Å²) in [6.07, 6.45) is 2.06. The van der Waals surface area contributed by atoms with Crippen LogP contribution in [0.25, 0.3) is 0 Å². The minimum absolute atomic E-state index is 0.562. The Kier molecular flexibility index (Phi) is 2.81. The zero-order chi connectivity index (χ0) is 9.26. The first-order chi connectivity index (χ1) is 6.29. The highest BCUT2D eigenvalue weighted by Crippen LogP contribution is 2.31. The topological polar surface area (TPSA) is 20.3 Å². The maximum absolute atomic E-state index is 10.3. The molecule has 2 rings (SSSR count). The molecule has 0 atom stereocenters. The van der Waals surface area contributed by atoms with Gasteiger partial charge < -0.3 is 4.79 Å². The Balaban J connectivity index is 2.14. The number of hydrogen-bond donors (Lipinski definition) is 0. The van der Waals surface area contributed by atoms with E-state index >= 15 is 0 Å². The van der Waals surface area contributed by atoms with E-state index in [0.717, 1.165) is 25.8 Å². The van der Waals surface area contributed by atoms with Gasteiger partial charge in [0.05, 0.1) is 10.3 Å². The summed E-state index contributed by atoms with van der Waals surface area (Å²) in [4.78, 5) is 14.0. The summed E-state index contributed by atoms with van der Waals surface area (Å²) >= 11 is 5.29. The second-order valence-electron chi connectivity index (χ2n) is 3.15. The van der Waals surface area contributed by atoms with Gasteiger partial charge >= 0.3 is 0 Å². The maximum Gasteiger partial charge on any atom is 0.133 e. The zero-order valence-corrected chi connectivity index (χ0v) is 9.53. The molecule has 0 saturated carbocycles. The number of halogens is 1. The predicted octanol–water partition coefficient (Wildman–Crippen LogP) is 2.07. The lowest BCUT2D eigenvalue weighted by Crippen LogP contribution is -2.30. The van der Waals surface area contributed by atoms with Crippen molar-refractivity contribution in [1.29, 1.82) is 0 Å². The molecule has 1 aromatic rings. The average molecular weight is 260 g/mol. The van der Waals surface area contributed by atoms with Crippen LogP contribution in [0.5, 0.6) is 0 Å². The fourth-order valence-corrected chi connectivity index (χ4v) is 3.36. The molecular weight excluding hydrogens is 250 g/mol. The summed E-state index contributed by atoms with van der Waals surface area (Å²) < 4.78 is 1.20. The molecule has 2 nitrogen and oxygen atoms in total. The summed E-state index contributed by atoms with van der Waals surface area (Å²) in [5.74, 6) is 0. The van der Waals surface area contributed by atoms with Gasteiger partial charge in [0.25, 0.3) is 0 Å². The minimum Gasteiger partial charge on any atom is -0.302 e. The molecule has 70 valence electrons. The molecule has 2 heterocycles. The van der Waals surface area contributed by atoms with Crippen LogP contribution in [-0.4, -0.2) is 24.3 Å². The molecule has 0 unspecified atom stereocenters. The molecule has 13 heavy (non-hydrogen) atoms. The van der Waals surface area contributed by atoms with E-state index in [4.69, 9.17) is 0 Å². The van der Waals surface area contributed by atoms with Crippen molar-refractivity contribution < 1.29 is 4.79 Å². The summed E-state index contributed by atoms with van der Waals surface area (Å²) in [6, 6.07) is 2.16. The molecule has 0 spiro atoms. The maximum atomic E-state index is 10.3. The van der Waals surface area contributed by atoms with Crippen LogP contribution in [0, 0.1) is 0 Å². The monoisotopic (exact) mass is 259 g/mol. The van der Waals surface area contributed by atoms with Crippen molar-refractivity contribution in [3.8, 4) is 0 Å². The van der Waals surface area contributed by atoms with Crippen LogP contribution in [0.4, 0.5) is 0 Å². The Morgan fingerprint density at radius 3 is 3.31 bits per heavy atom. The van der Waals surface area contributed by atoms with E-state index in [9.17, 15) is 4.79 Å². The SMILES string of the molecule is O=CCN1CCc2sc(Br)cc2C1. The molecule has 0 aromatic carbocycles. The van der Waals surface area contributed by atoms with Gasteiger partial charge in [-0.2, -0.15) is 0 Å². The van der Waals surface area contributed by atoms with E-state index in [1.165, 1.54) is 14.2 Å². The highest BCUT2D eigenvalue weighted by molar-refractivity contribution is 9.11. The van der Waals surface area contributed by atoms with Crippen molar-refractivity contribution in [3.05, 3.63) is 20.3 Å². The number of nitrogens with zero attached hydrogens (tertiary/aromatic N) is 1. The smallest absolute Gasteiger partial charge is 0.133 e. The van der Waals surface area contributed by atoms with Gasteiger partial charge in [-0.25, -0.2) is 0 Å². The van der Waals surface area contributed by atoms with Crippen molar-refractivity contribution in [2.24, 2.45) is 0 Å². The van der Waals surface area contributed by atoms with E-state index in [2.05, 4.69) is 26.9 Å². The van der Waals surface area contributed by atoms with Crippen molar-refractivity contribution in [2.45, 2.75) is 13.0 Å². The molecule has 1 aromatic heterocycles. The average Bonchev–Trinajstić information content (AvgIpc) is 2.44. The van der Waals surface area contributed by atoms with Crippen LogP contribution in [0.2, 0.25) is 0 Å². The normalized spacial score (nSPS) is 17.0. The highest BCUT2D eigenvalue weighted by atomic mass is 79.9. The van der Waals surface area contributed by atoms with Crippen LogP contribution in [0.15, 0.2) is 9.85 Å². The molecule has 0 bridgehead atoms. The van der Waals surface area contributed by atoms with Crippen molar-refractivity contribution in [3.63, 3.8) is 0 Å². The molecular formula is C9H10BrNOS. The third-order valence-corrected chi connectivity index (χ3v) is 3.99. The number of aldehydes is 1. The number of fused-ring (bicyclic) bond motifs is 1. The van der Waals surface area contributed by atoms with Gasteiger partial charge in [0, 0.05) is 18.0 Å². The van der Waals surface area contributed by atoms with Crippen LogP contribution in [0.1, 0.15) is 10.4 Å². The Labute approximate surface area is 89.7 Å². The summed E-state index contributed by atoms with van der Waals surface area (Å²) in [5.41, 5.74) is 1.38. The molecule has 0 fully saturated rings. The Bertz CT molecular complexity index is 323. The lowest BCUT2D eigenvalue weighted by atomic mass is 10.1. The molecule has 0 saturated heterocycles. The van der Waals surface area contributed by atoms with Gasteiger partial charge in [0.15, 0.2) is 0 Å². The molecule has 0 aliphatic carbocycles. The van der Waals surface area contributed by atoms with E-state index < -0.39 is 0 Å². The van der Waals surface area contributed by atoms with E-state index in [1.54, 1.807) is 0 Å². The summed E-state index contributed by atoms with van der Waals surface area (Å²) in [7, 11) is 0. The number of hydrogen-bond acceptors (Lipinski definition) is 3. The van der Waals surface area contributed by atoms with Crippen LogP contribution in [-0.2, 0) is 17.8 Å². The van der Waals surface area contributed by atoms with Gasteiger partial charge in [-0.15, -0.1) is 11.3 Å². The predicted molar refractivity (Wildman–Crippen MR) is 57.1 cm³/mol. The van der Waals surface area contributed by atoms with Gasteiger partial charge in [-0.05, 0) is 34.0 Å². The Hall–Kier alpha value is -0.190. The summed E-state index contributed by atoms with van der Waals surface area (Å²) in [5, 5.41) is 0. The van der Waals surface area contributed by atoms with Crippen LogP contribution >= 0.6 is 27.3 Å². The van der Waals surface area contributed by atoms with Crippen LogP contribution < -0.4 is 0 Å². The summed E-state index contributed by atoms with van der Waals surface area (Å²) in [6.45, 7) is 2.50. The van der Waals surface area contributed by atoms with Gasteiger partial charge in [-0.3, -0.25) is 4.90 Å². The number of carbonyl (C=O) groups excluding carboxylic acids is 1. The largest absolute Gasteiger partial charge is 0.302 e. The fraction of sp³-hybridized carbons (Fsp3) is 0.444. The van der Waals surface area contributed by atoms with Crippen molar-refractivity contribution in [1.82, 2.24) is 4.90 Å². The standard InChI is InChI=1S/C9H10BrNOS/c10-9-5-7-6-11(3-4-12)2-1-8(7)13-9/h4-5H,1-3,6H2. The molecule has 1 aliphatic rings. The molecule has 0 N–H and O–H groups in total. The number of carbonyl (C=O) groups is 1. The molecule has 4 heteroatoms. The second-order valence-corrected chi connectivity index (χ2v) is 5.67. The first-order valence-corrected chi connectivity index (χ1v) is 5.83. The Morgan fingerprint density at radius 2 is 2.54 bits per heavy atom. The van der Waals surface area contributed by atoms with E-state index in [0.29, 0.717) is 6.54 Å². The van der Waals surface area contributed by atoms with Gasteiger partial charge in [0.1, 0.15) is 6.29 Å². The number of rotatable bonds is 2. The van der Waals surface area contributed by atoms with E-state index in [-0.39, 0.29) is 0 Å². The van der Waals surface area contributed by atoms with Gasteiger partial charge in [-0.1, -0.05) is 0 Å². The zero-order valence-electron chi connectivity index (χ0n) is 7.12. The lowest BCUT2D eigenvalue weighted by Gasteiger charge is -2.24. The first-order valence-electron chi connectivity index (χ1n) is 4.22. The highest BCUT2D eigenvalue weighted by Gasteiger charge is 2.17. The molecule has 1 aliphatic heterocycles. The van der Waals surface area contributed by atoms with Gasteiger partial charge in [0.2, 0.25) is 0 Å². The van der Waals surface area contributed by atoms with E-state index in [1.807, 2.05) is 11.3 Å².